The standard InChI is InChI=1S/C18H21NO6S2/c1-11-6-8-13(9-7-11)10-19(3)27(22,23)18-14(16(20)24-4)12(2)15(26-18)17(21)25-5/h6-9H,10H2,1-5H3. The molecule has 2 rings (SSSR count). The fourth-order valence-corrected chi connectivity index (χ4v) is 5.57. The topological polar surface area (TPSA) is 90.0 Å². The molecule has 0 saturated heterocycles. The highest BCUT2D eigenvalue weighted by atomic mass is 32.2. The molecule has 0 aliphatic carbocycles. The number of carbonyl (C=O) groups is 2. The molecule has 1 heterocycles. The SMILES string of the molecule is COC(=O)c1sc(S(=O)(=O)N(C)Cc2ccc(C)cc2)c(C(=O)OC)c1C. The number of aryl methyl sites for hydroxylation is 1. The molecule has 0 atom stereocenters. The van der Waals surface area contributed by atoms with Crippen LogP contribution in [-0.4, -0.2) is 45.9 Å². The van der Waals surface area contributed by atoms with E-state index in [1.165, 1.54) is 21.1 Å². The van der Waals surface area contributed by atoms with Crippen LogP contribution in [0, 0.1) is 13.8 Å². The maximum Gasteiger partial charge on any atom is 0.348 e. The first kappa shape index (κ1) is 21.1. The van der Waals surface area contributed by atoms with Gasteiger partial charge in [-0.25, -0.2) is 18.0 Å². The fraction of sp³-hybridized carbons (Fsp3) is 0.333. The molecule has 0 saturated carbocycles. The highest BCUT2D eigenvalue weighted by Gasteiger charge is 2.34. The molecule has 0 bridgehead atoms. The smallest absolute Gasteiger partial charge is 0.348 e. The maximum atomic E-state index is 13.1. The second-order valence-corrected chi connectivity index (χ2v) is 9.21. The van der Waals surface area contributed by atoms with Crippen molar-refractivity contribution < 1.29 is 27.5 Å². The predicted octanol–water partition coefficient (Wildman–Crippen LogP) is 2.76. The largest absolute Gasteiger partial charge is 0.465 e. The first-order chi connectivity index (χ1) is 12.6. The quantitative estimate of drug-likeness (QED) is 0.679. The Balaban J connectivity index is 2.51. The van der Waals surface area contributed by atoms with E-state index in [0.717, 1.165) is 22.5 Å². The third-order valence-corrected chi connectivity index (χ3v) is 7.62. The van der Waals surface area contributed by atoms with E-state index < -0.39 is 22.0 Å². The number of hydrogen-bond acceptors (Lipinski definition) is 7. The van der Waals surface area contributed by atoms with Gasteiger partial charge in [0.1, 0.15) is 4.88 Å². The second kappa shape index (κ2) is 8.20. The van der Waals surface area contributed by atoms with Crippen LogP contribution in [0.1, 0.15) is 36.7 Å². The average molecular weight is 412 g/mol. The van der Waals surface area contributed by atoms with E-state index in [4.69, 9.17) is 4.74 Å². The number of sulfonamides is 1. The lowest BCUT2D eigenvalue weighted by Gasteiger charge is -2.17. The van der Waals surface area contributed by atoms with Crippen molar-refractivity contribution >= 4 is 33.3 Å². The van der Waals surface area contributed by atoms with Crippen molar-refractivity contribution in [2.75, 3.05) is 21.3 Å². The molecule has 0 spiro atoms. The van der Waals surface area contributed by atoms with E-state index in [2.05, 4.69) is 4.74 Å². The summed E-state index contributed by atoms with van der Waals surface area (Å²) < 4.78 is 36.5. The number of hydrogen-bond donors (Lipinski definition) is 0. The molecule has 0 unspecified atom stereocenters. The molecule has 0 aliphatic rings. The van der Waals surface area contributed by atoms with Crippen molar-refractivity contribution in [3.05, 3.63) is 51.4 Å². The third kappa shape index (κ3) is 4.20. The van der Waals surface area contributed by atoms with Crippen LogP contribution in [-0.2, 0) is 26.0 Å². The summed E-state index contributed by atoms with van der Waals surface area (Å²) in [5, 5.41) is 0. The zero-order valence-corrected chi connectivity index (χ0v) is 17.4. The minimum absolute atomic E-state index is 0.0558. The molecule has 0 amide bonds. The summed E-state index contributed by atoms with van der Waals surface area (Å²) in [5.74, 6) is -1.52. The number of nitrogens with zero attached hydrogens (tertiary/aromatic N) is 1. The predicted molar refractivity (Wildman–Crippen MR) is 102 cm³/mol. The first-order valence-electron chi connectivity index (χ1n) is 7.95. The van der Waals surface area contributed by atoms with Crippen LogP contribution < -0.4 is 0 Å². The third-order valence-electron chi connectivity index (χ3n) is 4.05. The van der Waals surface area contributed by atoms with Crippen LogP contribution in [0.4, 0.5) is 0 Å². The Morgan fingerprint density at radius 3 is 2.11 bits per heavy atom. The Labute approximate surface area is 162 Å². The summed E-state index contributed by atoms with van der Waals surface area (Å²) in [5.41, 5.74) is 1.95. The summed E-state index contributed by atoms with van der Waals surface area (Å²) in [6.45, 7) is 3.55. The molecule has 7 nitrogen and oxygen atoms in total. The molecule has 2 aromatic rings. The monoisotopic (exact) mass is 411 g/mol. The minimum atomic E-state index is -4.03. The number of benzene rings is 1. The maximum absolute atomic E-state index is 13.1. The molecule has 9 heteroatoms. The Morgan fingerprint density at radius 2 is 1.59 bits per heavy atom. The van der Waals surface area contributed by atoms with E-state index >= 15 is 0 Å². The molecular weight excluding hydrogens is 390 g/mol. The van der Waals surface area contributed by atoms with Crippen LogP contribution in [0.15, 0.2) is 28.5 Å². The van der Waals surface area contributed by atoms with E-state index in [1.807, 2.05) is 31.2 Å². The molecule has 0 N–H and O–H groups in total. The van der Waals surface area contributed by atoms with Crippen LogP contribution in [0.3, 0.4) is 0 Å². The zero-order chi connectivity index (χ0) is 20.4. The van der Waals surface area contributed by atoms with Crippen LogP contribution >= 0.6 is 11.3 Å². The van der Waals surface area contributed by atoms with Gasteiger partial charge in [-0.1, -0.05) is 29.8 Å². The van der Waals surface area contributed by atoms with Gasteiger partial charge in [0, 0.05) is 13.6 Å². The van der Waals surface area contributed by atoms with Crippen molar-refractivity contribution in [1.29, 1.82) is 0 Å². The summed E-state index contributed by atoms with van der Waals surface area (Å²) in [6.07, 6.45) is 0. The van der Waals surface area contributed by atoms with Crippen molar-refractivity contribution in [1.82, 2.24) is 4.31 Å². The number of esters is 2. The summed E-state index contributed by atoms with van der Waals surface area (Å²) in [4.78, 5) is 24.2. The summed E-state index contributed by atoms with van der Waals surface area (Å²) in [7, 11) is -0.266. The van der Waals surface area contributed by atoms with Crippen molar-refractivity contribution in [2.24, 2.45) is 0 Å². The van der Waals surface area contributed by atoms with Gasteiger partial charge < -0.3 is 9.47 Å². The van der Waals surface area contributed by atoms with E-state index in [9.17, 15) is 18.0 Å². The van der Waals surface area contributed by atoms with Gasteiger partial charge in [-0.2, -0.15) is 4.31 Å². The number of methoxy groups -OCH3 is 2. The van der Waals surface area contributed by atoms with Gasteiger partial charge in [-0.15, -0.1) is 11.3 Å². The Hall–Kier alpha value is -2.23. The van der Waals surface area contributed by atoms with E-state index in [-0.39, 0.29) is 26.8 Å². The Bertz CT molecular complexity index is 960. The Morgan fingerprint density at radius 1 is 1.04 bits per heavy atom. The van der Waals surface area contributed by atoms with Crippen LogP contribution in [0.25, 0.3) is 0 Å². The van der Waals surface area contributed by atoms with Gasteiger partial charge >= 0.3 is 11.9 Å². The molecule has 1 aromatic heterocycles. The molecule has 27 heavy (non-hydrogen) atoms. The molecule has 0 fully saturated rings. The van der Waals surface area contributed by atoms with Gasteiger partial charge in [-0.05, 0) is 25.0 Å². The number of rotatable bonds is 6. The van der Waals surface area contributed by atoms with Gasteiger partial charge in [0.2, 0.25) is 0 Å². The number of thiophene rings is 1. The van der Waals surface area contributed by atoms with E-state index in [1.54, 1.807) is 0 Å². The van der Waals surface area contributed by atoms with Crippen LogP contribution in [0.2, 0.25) is 0 Å². The summed E-state index contributed by atoms with van der Waals surface area (Å²) in [6, 6.07) is 7.45. The number of ether oxygens (including phenoxy) is 2. The average Bonchev–Trinajstić information content (AvgIpc) is 3.00. The summed E-state index contributed by atoms with van der Waals surface area (Å²) >= 11 is 0.706. The zero-order valence-electron chi connectivity index (χ0n) is 15.7. The van der Waals surface area contributed by atoms with Gasteiger partial charge in [0.15, 0.2) is 4.21 Å². The van der Waals surface area contributed by atoms with Gasteiger partial charge in [-0.3, -0.25) is 0 Å². The fourth-order valence-electron chi connectivity index (χ4n) is 2.47. The molecule has 0 radical (unpaired) electrons. The van der Waals surface area contributed by atoms with Gasteiger partial charge in [0.05, 0.1) is 19.8 Å². The normalized spacial score (nSPS) is 11.5. The van der Waals surface area contributed by atoms with Crippen molar-refractivity contribution in [3.8, 4) is 0 Å². The van der Waals surface area contributed by atoms with E-state index in [0.29, 0.717) is 11.3 Å². The minimum Gasteiger partial charge on any atom is -0.465 e. The van der Waals surface area contributed by atoms with Gasteiger partial charge in [0.25, 0.3) is 10.0 Å². The lowest BCUT2D eigenvalue weighted by atomic mass is 10.1. The molecule has 1 aromatic carbocycles. The van der Waals surface area contributed by atoms with Crippen molar-refractivity contribution in [2.45, 2.75) is 24.6 Å². The Kier molecular flexibility index (Phi) is 6.40. The highest BCUT2D eigenvalue weighted by molar-refractivity contribution is 7.91. The van der Waals surface area contributed by atoms with Crippen LogP contribution in [0.5, 0.6) is 0 Å². The second-order valence-electron chi connectivity index (χ2n) is 5.95. The molecule has 146 valence electrons. The highest BCUT2D eigenvalue weighted by Crippen LogP contribution is 2.35. The molecular formula is C18H21NO6S2. The lowest BCUT2D eigenvalue weighted by molar-refractivity contribution is 0.0596. The lowest BCUT2D eigenvalue weighted by Crippen LogP contribution is -2.27. The number of carbonyl (C=O) groups excluding carboxylic acids is 2. The first-order valence-corrected chi connectivity index (χ1v) is 10.2. The van der Waals surface area contributed by atoms with Crippen molar-refractivity contribution in [3.63, 3.8) is 0 Å². The molecule has 0 aliphatic heterocycles.